The minimum atomic E-state index is -0.163. The van der Waals surface area contributed by atoms with E-state index in [0.717, 1.165) is 28.3 Å². The van der Waals surface area contributed by atoms with Crippen molar-refractivity contribution in [1.29, 1.82) is 0 Å². The average molecular weight is 409 g/mol. The molecule has 4 aromatic rings. The van der Waals surface area contributed by atoms with Gasteiger partial charge in [-0.15, -0.1) is 0 Å². The summed E-state index contributed by atoms with van der Waals surface area (Å²) in [6, 6.07) is 27.0. The highest BCUT2D eigenvalue weighted by Gasteiger charge is 2.11. The standard InChI is InChI=1S/C25H23N5O/c1-18-13-15-22(16-14-18)30-24(31)23(19(2)29-30)17-26-25(27-20-9-5-3-6-10-20)28-21-11-7-4-8-12-21/h3-17,29H,1-2H3,(H,27,28)/b26-17+. The maximum Gasteiger partial charge on any atom is 0.280 e. The van der Waals surface area contributed by atoms with Crippen LogP contribution >= 0.6 is 0 Å². The van der Waals surface area contributed by atoms with Crippen LogP contribution in [0.4, 0.5) is 11.4 Å². The molecule has 0 radical (unpaired) electrons. The third-order valence-corrected chi connectivity index (χ3v) is 4.75. The molecule has 0 aliphatic carbocycles. The number of hydrogen-bond acceptors (Lipinski definition) is 2. The van der Waals surface area contributed by atoms with E-state index in [2.05, 4.69) is 20.4 Å². The number of para-hydroxylation sites is 2. The molecule has 0 saturated carbocycles. The molecule has 0 fully saturated rings. The van der Waals surface area contributed by atoms with Crippen LogP contribution in [0.3, 0.4) is 0 Å². The zero-order chi connectivity index (χ0) is 21.6. The van der Waals surface area contributed by atoms with E-state index in [-0.39, 0.29) is 5.56 Å². The molecule has 31 heavy (non-hydrogen) atoms. The highest BCUT2D eigenvalue weighted by Crippen LogP contribution is 2.13. The van der Waals surface area contributed by atoms with Crippen molar-refractivity contribution in [1.82, 2.24) is 9.78 Å². The maximum atomic E-state index is 13.0. The first-order valence-corrected chi connectivity index (χ1v) is 9.99. The van der Waals surface area contributed by atoms with Gasteiger partial charge in [-0.3, -0.25) is 9.89 Å². The van der Waals surface area contributed by atoms with Crippen molar-refractivity contribution in [2.24, 2.45) is 9.98 Å². The Morgan fingerprint density at radius 2 is 1.55 bits per heavy atom. The average Bonchev–Trinajstić information content (AvgIpc) is 3.07. The maximum absolute atomic E-state index is 13.0. The molecule has 0 aliphatic rings. The minimum absolute atomic E-state index is 0.163. The first-order chi connectivity index (χ1) is 15.1. The van der Waals surface area contributed by atoms with Gasteiger partial charge in [0.1, 0.15) is 0 Å². The summed E-state index contributed by atoms with van der Waals surface area (Å²) >= 11 is 0. The van der Waals surface area contributed by atoms with Gasteiger partial charge in [0.05, 0.1) is 16.9 Å². The number of aryl methyl sites for hydroxylation is 2. The molecule has 2 N–H and O–H groups in total. The number of guanidine groups is 1. The van der Waals surface area contributed by atoms with Gasteiger partial charge in [-0.05, 0) is 50.2 Å². The van der Waals surface area contributed by atoms with E-state index in [0.29, 0.717) is 11.5 Å². The van der Waals surface area contributed by atoms with E-state index >= 15 is 0 Å². The molecule has 6 heteroatoms. The number of benzene rings is 3. The first-order valence-electron chi connectivity index (χ1n) is 9.99. The number of aromatic nitrogens is 2. The smallest absolute Gasteiger partial charge is 0.280 e. The largest absolute Gasteiger partial charge is 0.324 e. The lowest BCUT2D eigenvalue weighted by Gasteiger charge is -2.05. The van der Waals surface area contributed by atoms with Crippen molar-refractivity contribution in [2.45, 2.75) is 13.8 Å². The second-order valence-electron chi connectivity index (χ2n) is 7.15. The molecule has 6 nitrogen and oxygen atoms in total. The Morgan fingerprint density at radius 1 is 0.903 bits per heavy atom. The zero-order valence-electron chi connectivity index (χ0n) is 17.4. The van der Waals surface area contributed by atoms with Crippen molar-refractivity contribution < 1.29 is 0 Å². The molecule has 0 aliphatic heterocycles. The van der Waals surface area contributed by atoms with Gasteiger partial charge in [0.2, 0.25) is 5.96 Å². The second-order valence-corrected chi connectivity index (χ2v) is 7.15. The molecule has 0 spiro atoms. The number of aromatic amines is 1. The third-order valence-electron chi connectivity index (χ3n) is 4.75. The monoisotopic (exact) mass is 409 g/mol. The van der Waals surface area contributed by atoms with Gasteiger partial charge in [0, 0.05) is 17.6 Å². The van der Waals surface area contributed by atoms with Gasteiger partial charge in [0.25, 0.3) is 5.56 Å². The van der Waals surface area contributed by atoms with Crippen molar-refractivity contribution >= 4 is 23.5 Å². The molecule has 0 bridgehead atoms. The third kappa shape index (κ3) is 4.87. The summed E-state index contributed by atoms with van der Waals surface area (Å²) in [7, 11) is 0. The summed E-state index contributed by atoms with van der Waals surface area (Å²) < 4.78 is 1.52. The van der Waals surface area contributed by atoms with Crippen molar-refractivity contribution in [2.75, 3.05) is 5.32 Å². The summed E-state index contributed by atoms with van der Waals surface area (Å²) in [5, 5.41) is 6.34. The van der Waals surface area contributed by atoms with Crippen LogP contribution in [0.5, 0.6) is 0 Å². The van der Waals surface area contributed by atoms with Crippen LogP contribution in [0.1, 0.15) is 16.8 Å². The van der Waals surface area contributed by atoms with Crippen LogP contribution in [0.15, 0.2) is 99.7 Å². The van der Waals surface area contributed by atoms with Gasteiger partial charge >= 0.3 is 0 Å². The van der Waals surface area contributed by atoms with Crippen molar-refractivity contribution in [3.05, 3.63) is 112 Å². The molecule has 0 amide bonds. The van der Waals surface area contributed by atoms with Crippen LogP contribution in [0.2, 0.25) is 0 Å². The van der Waals surface area contributed by atoms with Gasteiger partial charge in [0.15, 0.2) is 0 Å². The van der Waals surface area contributed by atoms with Gasteiger partial charge in [-0.1, -0.05) is 54.1 Å². The Hall–Kier alpha value is -4.19. The quantitative estimate of drug-likeness (QED) is 0.368. The molecule has 0 atom stereocenters. The Kier molecular flexibility index (Phi) is 5.89. The first kappa shape index (κ1) is 20.1. The van der Waals surface area contributed by atoms with Crippen LogP contribution in [-0.2, 0) is 0 Å². The van der Waals surface area contributed by atoms with E-state index < -0.39 is 0 Å². The van der Waals surface area contributed by atoms with E-state index in [1.54, 1.807) is 6.21 Å². The Balaban J connectivity index is 1.68. The van der Waals surface area contributed by atoms with E-state index in [1.807, 2.05) is 98.8 Å². The van der Waals surface area contributed by atoms with Gasteiger partial charge in [-0.25, -0.2) is 14.7 Å². The number of rotatable bonds is 4. The Bertz CT molecular complexity index is 1270. The van der Waals surface area contributed by atoms with Crippen molar-refractivity contribution in [3.63, 3.8) is 0 Å². The molecule has 1 aromatic heterocycles. The molecular formula is C25H23N5O. The zero-order valence-corrected chi connectivity index (χ0v) is 17.4. The Labute approximate surface area is 180 Å². The number of anilines is 1. The molecule has 1 heterocycles. The number of nitrogens with zero attached hydrogens (tertiary/aromatic N) is 3. The number of H-pyrrole nitrogens is 1. The Morgan fingerprint density at radius 3 is 2.23 bits per heavy atom. The minimum Gasteiger partial charge on any atom is -0.324 e. The molecular weight excluding hydrogens is 386 g/mol. The van der Waals surface area contributed by atoms with Gasteiger partial charge in [-0.2, -0.15) is 0 Å². The predicted octanol–water partition coefficient (Wildman–Crippen LogP) is 5.00. The fraction of sp³-hybridized carbons (Fsp3) is 0.0800. The van der Waals surface area contributed by atoms with Crippen LogP contribution in [0, 0.1) is 13.8 Å². The van der Waals surface area contributed by atoms with E-state index in [9.17, 15) is 4.79 Å². The molecule has 0 saturated heterocycles. The summed E-state index contributed by atoms with van der Waals surface area (Å²) in [4.78, 5) is 22.1. The predicted molar refractivity (Wildman–Crippen MR) is 127 cm³/mol. The number of aliphatic imine (C=N–C) groups is 2. The lowest BCUT2D eigenvalue weighted by Crippen LogP contribution is -2.18. The van der Waals surface area contributed by atoms with Crippen molar-refractivity contribution in [3.8, 4) is 5.69 Å². The second kappa shape index (κ2) is 9.09. The van der Waals surface area contributed by atoms with Crippen LogP contribution in [0.25, 0.3) is 5.69 Å². The SMILES string of the molecule is Cc1ccc(-n2[nH]c(C)c(/C=N/C(=Nc3ccccc3)Nc3ccccc3)c2=O)cc1. The number of hydrogen-bond donors (Lipinski definition) is 2. The molecule has 154 valence electrons. The highest BCUT2D eigenvalue weighted by atomic mass is 16.1. The van der Waals surface area contributed by atoms with Gasteiger partial charge < -0.3 is 5.32 Å². The summed E-state index contributed by atoms with van der Waals surface area (Å²) in [5.74, 6) is 0.388. The molecule has 4 rings (SSSR count). The van der Waals surface area contributed by atoms with E-state index in [4.69, 9.17) is 0 Å². The van der Waals surface area contributed by atoms with Crippen LogP contribution in [-0.4, -0.2) is 22.0 Å². The fourth-order valence-corrected chi connectivity index (χ4v) is 3.08. The van der Waals surface area contributed by atoms with Crippen LogP contribution < -0.4 is 10.9 Å². The lowest BCUT2D eigenvalue weighted by molar-refractivity contribution is 0.835. The summed E-state index contributed by atoms with van der Waals surface area (Å²) in [6.45, 7) is 3.87. The fourth-order valence-electron chi connectivity index (χ4n) is 3.08. The molecule has 0 unspecified atom stereocenters. The van der Waals surface area contributed by atoms with E-state index in [1.165, 1.54) is 4.68 Å². The topological polar surface area (TPSA) is 74.5 Å². The highest BCUT2D eigenvalue weighted by molar-refractivity contribution is 6.02. The lowest BCUT2D eigenvalue weighted by atomic mass is 10.2. The summed E-state index contributed by atoms with van der Waals surface area (Å²) in [6.07, 6.45) is 1.55. The number of nitrogens with one attached hydrogen (secondary N) is 2. The summed E-state index contributed by atoms with van der Waals surface area (Å²) in [5.41, 5.74) is 4.58. The normalized spacial score (nSPS) is 11.7. The molecule has 3 aromatic carbocycles.